The Labute approximate surface area is 207 Å². The number of hydrogen-bond donors (Lipinski definition) is 3. The molecule has 0 aromatic heterocycles. The molecule has 3 fully saturated rings. The van der Waals surface area contributed by atoms with Crippen molar-refractivity contribution in [3.05, 3.63) is 35.9 Å². The van der Waals surface area contributed by atoms with Gasteiger partial charge in [0, 0.05) is 26.2 Å². The number of aliphatic hydroxyl groups is 1. The fourth-order valence-electron chi connectivity index (χ4n) is 6.13. The topological polar surface area (TPSA) is 108 Å². The van der Waals surface area contributed by atoms with Gasteiger partial charge in [0.15, 0.2) is 0 Å². The van der Waals surface area contributed by atoms with Crippen LogP contribution in [0.4, 0.5) is 0 Å². The van der Waals surface area contributed by atoms with Gasteiger partial charge >= 0.3 is 0 Å². The largest absolute Gasteiger partial charge is 0.396 e. The maximum atomic E-state index is 13.8. The Morgan fingerprint density at radius 2 is 1.86 bits per heavy atom. The summed E-state index contributed by atoms with van der Waals surface area (Å²) in [5.41, 5.74) is 0.0628. The van der Waals surface area contributed by atoms with E-state index < -0.39 is 23.5 Å². The molecule has 2 bridgehead atoms. The highest BCUT2D eigenvalue weighted by molar-refractivity contribution is 5.98. The van der Waals surface area contributed by atoms with Crippen LogP contribution in [0.1, 0.15) is 63.9 Å². The minimum Gasteiger partial charge on any atom is -0.396 e. The van der Waals surface area contributed by atoms with E-state index in [4.69, 9.17) is 9.84 Å². The number of nitrogens with one attached hydrogen (secondary N) is 2. The number of hydrogen-bond acceptors (Lipinski definition) is 5. The molecule has 2 unspecified atom stereocenters. The molecule has 0 saturated carbocycles. The zero-order valence-corrected chi connectivity index (χ0v) is 20.7. The minimum absolute atomic E-state index is 0.134. The first-order chi connectivity index (χ1) is 17.0. The molecule has 1 spiro atoms. The van der Waals surface area contributed by atoms with Gasteiger partial charge in [-0.3, -0.25) is 14.4 Å². The van der Waals surface area contributed by atoms with Crippen molar-refractivity contribution in [3.8, 4) is 0 Å². The number of nitrogens with zero attached hydrogens (tertiary/aromatic N) is 1. The Hall–Kier alpha value is -2.45. The lowest BCUT2D eigenvalue weighted by Crippen LogP contribution is -2.55. The first kappa shape index (κ1) is 25.6. The van der Waals surface area contributed by atoms with Crippen molar-refractivity contribution in [2.24, 2.45) is 11.8 Å². The summed E-state index contributed by atoms with van der Waals surface area (Å²) in [5, 5.41) is 15.1. The Morgan fingerprint density at radius 1 is 1.09 bits per heavy atom. The van der Waals surface area contributed by atoms with Crippen molar-refractivity contribution in [2.45, 2.75) is 82.6 Å². The van der Waals surface area contributed by atoms with E-state index in [0.29, 0.717) is 32.5 Å². The summed E-state index contributed by atoms with van der Waals surface area (Å²) in [5.74, 6) is -1.68. The zero-order valence-electron chi connectivity index (χ0n) is 20.7. The average Bonchev–Trinajstić information content (AvgIpc) is 3.50. The number of carbonyl (C=O) groups excluding carboxylic acids is 3. The normalized spacial score (nSPS) is 28.9. The second-order valence-corrected chi connectivity index (χ2v) is 10.1. The monoisotopic (exact) mass is 485 g/mol. The maximum absolute atomic E-state index is 13.8. The summed E-state index contributed by atoms with van der Waals surface area (Å²) in [6.07, 6.45) is 6.03. The van der Waals surface area contributed by atoms with Crippen LogP contribution in [0.15, 0.2) is 30.3 Å². The van der Waals surface area contributed by atoms with Crippen molar-refractivity contribution in [2.75, 3.05) is 19.7 Å². The summed E-state index contributed by atoms with van der Waals surface area (Å²) in [7, 11) is 0. The number of likely N-dealkylation sites (tertiary alicyclic amines) is 1. The van der Waals surface area contributed by atoms with Gasteiger partial charge in [-0.05, 0) is 37.7 Å². The zero-order chi connectivity index (χ0) is 24.8. The fraction of sp³-hybridized carbons (Fsp3) is 0.667. The molecular formula is C27H39N3O5. The molecule has 4 rings (SSSR count). The third-order valence-electron chi connectivity index (χ3n) is 7.80. The molecule has 3 amide bonds. The van der Waals surface area contributed by atoms with Gasteiger partial charge < -0.3 is 25.4 Å². The van der Waals surface area contributed by atoms with Crippen molar-refractivity contribution < 1.29 is 24.2 Å². The van der Waals surface area contributed by atoms with Gasteiger partial charge in [-0.1, -0.05) is 56.5 Å². The van der Waals surface area contributed by atoms with E-state index >= 15 is 0 Å². The summed E-state index contributed by atoms with van der Waals surface area (Å²) in [6.45, 7) is 3.65. The van der Waals surface area contributed by atoms with Crippen molar-refractivity contribution in [1.29, 1.82) is 0 Å². The van der Waals surface area contributed by atoms with Crippen LogP contribution >= 0.6 is 0 Å². The fourth-order valence-corrected chi connectivity index (χ4v) is 6.13. The van der Waals surface area contributed by atoms with Gasteiger partial charge in [0.05, 0.1) is 17.9 Å². The lowest BCUT2D eigenvalue weighted by molar-refractivity contribution is -0.142. The highest BCUT2D eigenvalue weighted by atomic mass is 16.5. The Balaban J connectivity index is 1.52. The SMILES string of the molecule is CCCCNC(=O)C1N(CCCCCCO)C(=O)[C@@H]2[C@H](C(=O)NCc3ccccc3)[C@@H]3CCC12O3. The van der Waals surface area contributed by atoms with E-state index in [1.165, 1.54) is 0 Å². The van der Waals surface area contributed by atoms with E-state index in [1.54, 1.807) is 4.90 Å². The van der Waals surface area contributed by atoms with E-state index in [1.807, 2.05) is 30.3 Å². The molecule has 3 aliphatic rings. The highest BCUT2D eigenvalue weighted by Gasteiger charge is 2.74. The van der Waals surface area contributed by atoms with Gasteiger partial charge in [0.25, 0.3) is 0 Å². The number of ether oxygens (including phenoxy) is 1. The third-order valence-corrected chi connectivity index (χ3v) is 7.80. The molecule has 192 valence electrons. The molecule has 8 nitrogen and oxygen atoms in total. The Morgan fingerprint density at radius 3 is 2.60 bits per heavy atom. The highest BCUT2D eigenvalue weighted by Crippen LogP contribution is 2.58. The lowest BCUT2D eigenvalue weighted by Gasteiger charge is -2.33. The van der Waals surface area contributed by atoms with Gasteiger partial charge in [-0.2, -0.15) is 0 Å². The van der Waals surface area contributed by atoms with Gasteiger partial charge in [-0.25, -0.2) is 0 Å². The maximum Gasteiger partial charge on any atom is 0.245 e. The molecule has 35 heavy (non-hydrogen) atoms. The molecule has 5 atom stereocenters. The smallest absolute Gasteiger partial charge is 0.245 e. The summed E-state index contributed by atoms with van der Waals surface area (Å²) < 4.78 is 6.44. The van der Waals surface area contributed by atoms with Crippen molar-refractivity contribution in [1.82, 2.24) is 15.5 Å². The Bertz CT molecular complexity index is 894. The number of benzene rings is 1. The van der Waals surface area contributed by atoms with Crippen LogP contribution in [0.5, 0.6) is 0 Å². The molecule has 1 aromatic rings. The first-order valence-electron chi connectivity index (χ1n) is 13.2. The van der Waals surface area contributed by atoms with Crippen LogP contribution in [0, 0.1) is 11.8 Å². The lowest BCUT2D eigenvalue weighted by atomic mass is 9.70. The standard InChI is InChI=1S/C27H39N3O5/c1-2-3-15-28-25(33)23-27-14-13-20(35-27)21(24(32)29-18-19-11-7-6-8-12-19)22(27)26(34)30(23)16-9-4-5-10-17-31/h6-8,11-12,20-23,31H,2-5,9-10,13-18H2,1H3,(H,28,33)(H,29,32)/t20-,21+,22-,23?,27?/m0/s1. The van der Waals surface area contributed by atoms with Crippen molar-refractivity contribution >= 4 is 17.7 Å². The molecule has 3 heterocycles. The number of fused-ring (bicyclic) bond motifs is 1. The molecule has 0 aliphatic carbocycles. The van der Waals surface area contributed by atoms with E-state index in [-0.39, 0.29) is 30.4 Å². The minimum atomic E-state index is -0.933. The van der Waals surface area contributed by atoms with Gasteiger partial charge in [-0.15, -0.1) is 0 Å². The number of amides is 3. The third kappa shape index (κ3) is 5.09. The van der Waals surface area contributed by atoms with E-state index in [2.05, 4.69) is 17.6 Å². The number of aliphatic hydroxyl groups excluding tert-OH is 1. The average molecular weight is 486 g/mol. The molecular weight excluding hydrogens is 446 g/mol. The van der Waals surface area contributed by atoms with Crippen molar-refractivity contribution in [3.63, 3.8) is 0 Å². The van der Waals surface area contributed by atoms with Gasteiger partial charge in [0.1, 0.15) is 11.6 Å². The van der Waals surface area contributed by atoms with Crippen LogP contribution in [0.25, 0.3) is 0 Å². The molecule has 3 N–H and O–H groups in total. The molecule has 3 aliphatic heterocycles. The second kappa shape index (κ2) is 11.5. The molecule has 8 heteroatoms. The van der Waals surface area contributed by atoms with Crippen LogP contribution < -0.4 is 10.6 Å². The van der Waals surface area contributed by atoms with E-state index in [0.717, 1.165) is 44.1 Å². The number of rotatable bonds is 13. The summed E-state index contributed by atoms with van der Waals surface area (Å²) in [6, 6.07) is 8.99. The van der Waals surface area contributed by atoms with Crippen LogP contribution in [-0.2, 0) is 25.7 Å². The first-order valence-corrected chi connectivity index (χ1v) is 13.2. The van der Waals surface area contributed by atoms with Crippen LogP contribution in [0.2, 0.25) is 0 Å². The Kier molecular flexibility index (Phi) is 8.44. The van der Waals surface area contributed by atoms with Gasteiger partial charge in [0.2, 0.25) is 17.7 Å². The van der Waals surface area contributed by atoms with Crippen LogP contribution in [0.3, 0.4) is 0 Å². The molecule has 1 aromatic carbocycles. The van der Waals surface area contributed by atoms with Crippen LogP contribution in [-0.4, -0.2) is 65.2 Å². The second-order valence-electron chi connectivity index (χ2n) is 10.1. The summed E-state index contributed by atoms with van der Waals surface area (Å²) in [4.78, 5) is 42.2. The quantitative estimate of drug-likeness (QED) is 0.371. The molecule has 0 radical (unpaired) electrons. The predicted octanol–water partition coefficient (Wildman–Crippen LogP) is 2.15. The number of carbonyl (C=O) groups is 3. The molecule has 3 saturated heterocycles. The summed E-state index contributed by atoms with van der Waals surface area (Å²) >= 11 is 0. The number of unbranched alkanes of at least 4 members (excludes halogenated alkanes) is 4. The van der Waals surface area contributed by atoms with E-state index in [9.17, 15) is 14.4 Å². The predicted molar refractivity (Wildman–Crippen MR) is 131 cm³/mol.